The fourth-order valence-electron chi connectivity index (χ4n) is 4.07. The normalized spacial score (nSPS) is 23.0. The fourth-order valence-corrected chi connectivity index (χ4v) is 4.07. The number of aryl methyl sites for hydroxylation is 1. The lowest BCUT2D eigenvalue weighted by atomic mass is 9.78. The maximum atomic E-state index is 13.0. The predicted octanol–water partition coefficient (Wildman–Crippen LogP) is 2.80. The smallest absolute Gasteiger partial charge is 0.321 e. The van der Waals surface area contributed by atoms with Gasteiger partial charge in [-0.25, -0.2) is 4.79 Å². The lowest BCUT2D eigenvalue weighted by Crippen LogP contribution is -2.51. The molecule has 2 aliphatic rings. The quantitative estimate of drug-likeness (QED) is 0.899. The first-order valence-corrected chi connectivity index (χ1v) is 9.37. The van der Waals surface area contributed by atoms with Crippen LogP contribution >= 0.6 is 0 Å². The van der Waals surface area contributed by atoms with Crippen LogP contribution in [0.5, 0.6) is 0 Å². The molecular formula is C20H29N3O3. The van der Waals surface area contributed by atoms with E-state index in [0.29, 0.717) is 26.2 Å². The van der Waals surface area contributed by atoms with E-state index in [1.165, 1.54) is 0 Å². The zero-order valence-corrected chi connectivity index (χ0v) is 16.0. The molecule has 0 radical (unpaired) electrons. The second-order valence-electron chi connectivity index (χ2n) is 7.52. The Hall–Kier alpha value is -2.08. The van der Waals surface area contributed by atoms with Gasteiger partial charge in [-0.1, -0.05) is 12.1 Å². The largest absolute Gasteiger partial charge is 0.383 e. The first-order chi connectivity index (χ1) is 12.5. The Bertz CT molecular complexity index is 691. The number of hydrogen-bond donors (Lipinski definition) is 1. The molecule has 3 rings (SSSR count). The Morgan fingerprint density at radius 2 is 2.08 bits per heavy atom. The minimum Gasteiger partial charge on any atom is -0.383 e. The summed E-state index contributed by atoms with van der Waals surface area (Å²) >= 11 is 0. The van der Waals surface area contributed by atoms with Crippen LogP contribution in [0, 0.1) is 19.3 Å². The topological polar surface area (TPSA) is 61.9 Å². The van der Waals surface area contributed by atoms with E-state index in [1.807, 2.05) is 36.9 Å². The number of amides is 3. The van der Waals surface area contributed by atoms with Gasteiger partial charge in [0.25, 0.3) is 0 Å². The molecule has 1 aromatic carbocycles. The average molecular weight is 359 g/mol. The highest BCUT2D eigenvalue weighted by Gasteiger charge is 2.49. The number of urea groups is 1. The molecule has 2 heterocycles. The highest BCUT2D eigenvalue weighted by molar-refractivity contribution is 5.92. The zero-order chi connectivity index (χ0) is 18.7. The number of piperidine rings is 1. The maximum absolute atomic E-state index is 13.0. The van der Waals surface area contributed by atoms with E-state index in [1.54, 1.807) is 12.0 Å². The van der Waals surface area contributed by atoms with Gasteiger partial charge in [0, 0.05) is 39.0 Å². The van der Waals surface area contributed by atoms with E-state index in [0.717, 1.165) is 42.6 Å². The van der Waals surface area contributed by atoms with Gasteiger partial charge in [0.15, 0.2) is 0 Å². The van der Waals surface area contributed by atoms with Crippen molar-refractivity contribution in [1.82, 2.24) is 9.80 Å². The second-order valence-corrected chi connectivity index (χ2v) is 7.52. The standard InChI is InChI=1S/C20H29N3O3/c1-15-6-4-7-17(16(15)2)21-19(25)23-11-9-20(14-23)8-5-10-22(18(20)24)12-13-26-3/h4,6-7H,5,8-14H2,1-3H3,(H,21,25)/t20-/m0/s1. The average Bonchev–Trinajstić information content (AvgIpc) is 3.06. The summed E-state index contributed by atoms with van der Waals surface area (Å²) in [5.41, 5.74) is 2.66. The Morgan fingerprint density at radius 1 is 1.27 bits per heavy atom. The van der Waals surface area contributed by atoms with E-state index < -0.39 is 5.41 Å². The molecule has 1 spiro atoms. The van der Waals surface area contributed by atoms with Gasteiger partial charge in [-0.2, -0.15) is 0 Å². The van der Waals surface area contributed by atoms with Crippen LogP contribution in [-0.2, 0) is 9.53 Å². The van der Waals surface area contributed by atoms with Gasteiger partial charge in [0.05, 0.1) is 12.0 Å². The molecule has 0 saturated carbocycles. The highest BCUT2D eigenvalue weighted by atomic mass is 16.5. The Kier molecular flexibility index (Phi) is 5.51. The number of likely N-dealkylation sites (tertiary alicyclic amines) is 2. The molecule has 0 bridgehead atoms. The molecule has 26 heavy (non-hydrogen) atoms. The summed E-state index contributed by atoms with van der Waals surface area (Å²) in [5.74, 6) is 0.183. The van der Waals surface area contributed by atoms with Gasteiger partial charge in [-0.3, -0.25) is 4.79 Å². The fraction of sp³-hybridized carbons (Fsp3) is 0.600. The molecule has 3 amide bonds. The number of methoxy groups -OCH3 is 1. The first kappa shape index (κ1) is 18.7. The van der Waals surface area contributed by atoms with E-state index in [2.05, 4.69) is 5.32 Å². The third kappa shape index (κ3) is 3.56. The summed E-state index contributed by atoms with van der Waals surface area (Å²) in [6, 6.07) is 5.79. The Labute approximate surface area is 155 Å². The lowest BCUT2D eigenvalue weighted by molar-refractivity contribution is -0.146. The van der Waals surface area contributed by atoms with Crippen molar-refractivity contribution in [2.75, 3.05) is 45.2 Å². The molecule has 142 valence electrons. The van der Waals surface area contributed by atoms with Gasteiger partial charge in [-0.05, 0) is 50.3 Å². The number of nitrogens with one attached hydrogen (secondary N) is 1. The molecule has 6 heteroatoms. The van der Waals surface area contributed by atoms with E-state index >= 15 is 0 Å². The van der Waals surface area contributed by atoms with Crippen molar-refractivity contribution < 1.29 is 14.3 Å². The Balaban J connectivity index is 1.66. The van der Waals surface area contributed by atoms with Crippen molar-refractivity contribution in [1.29, 1.82) is 0 Å². The molecule has 1 N–H and O–H groups in total. The molecule has 6 nitrogen and oxygen atoms in total. The van der Waals surface area contributed by atoms with Gasteiger partial charge in [0.1, 0.15) is 0 Å². The minimum absolute atomic E-state index is 0.114. The van der Waals surface area contributed by atoms with Crippen molar-refractivity contribution in [3.05, 3.63) is 29.3 Å². The van der Waals surface area contributed by atoms with E-state index in [4.69, 9.17) is 4.74 Å². The van der Waals surface area contributed by atoms with Crippen LogP contribution in [0.25, 0.3) is 0 Å². The van der Waals surface area contributed by atoms with Crippen molar-refractivity contribution >= 4 is 17.6 Å². The predicted molar refractivity (Wildman–Crippen MR) is 101 cm³/mol. The number of ether oxygens (including phenoxy) is 1. The zero-order valence-electron chi connectivity index (χ0n) is 16.0. The van der Waals surface area contributed by atoms with Crippen LogP contribution in [0.2, 0.25) is 0 Å². The number of anilines is 1. The molecular weight excluding hydrogens is 330 g/mol. The van der Waals surface area contributed by atoms with Gasteiger partial charge in [0.2, 0.25) is 5.91 Å². The van der Waals surface area contributed by atoms with Crippen LogP contribution in [0.15, 0.2) is 18.2 Å². The van der Waals surface area contributed by atoms with Gasteiger partial charge in [-0.15, -0.1) is 0 Å². The highest BCUT2D eigenvalue weighted by Crippen LogP contribution is 2.40. The number of hydrogen-bond acceptors (Lipinski definition) is 3. The summed E-state index contributed by atoms with van der Waals surface area (Å²) in [4.78, 5) is 29.4. The van der Waals surface area contributed by atoms with Crippen LogP contribution in [0.4, 0.5) is 10.5 Å². The van der Waals surface area contributed by atoms with Crippen LogP contribution in [0.1, 0.15) is 30.4 Å². The number of carbonyl (C=O) groups excluding carboxylic acids is 2. The molecule has 2 saturated heterocycles. The third-order valence-electron chi connectivity index (χ3n) is 5.88. The molecule has 0 aliphatic carbocycles. The monoisotopic (exact) mass is 359 g/mol. The molecule has 1 atom stereocenters. The molecule has 0 unspecified atom stereocenters. The van der Waals surface area contributed by atoms with Crippen LogP contribution < -0.4 is 5.32 Å². The van der Waals surface area contributed by atoms with Crippen molar-refractivity contribution in [3.63, 3.8) is 0 Å². The number of rotatable bonds is 4. The Morgan fingerprint density at radius 3 is 2.85 bits per heavy atom. The number of nitrogens with zero attached hydrogens (tertiary/aromatic N) is 2. The lowest BCUT2D eigenvalue weighted by Gasteiger charge is -2.39. The van der Waals surface area contributed by atoms with E-state index in [9.17, 15) is 9.59 Å². The van der Waals surface area contributed by atoms with Gasteiger partial charge < -0.3 is 19.9 Å². The maximum Gasteiger partial charge on any atom is 0.321 e. The van der Waals surface area contributed by atoms with Crippen LogP contribution in [-0.4, -0.2) is 61.6 Å². The molecule has 0 aromatic heterocycles. The summed E-state index contributed by atoms with van der Waals surface area (Å²) < 4.78 is 5.12. The number of carbonyl (C=O) groups is 2. The summed E-state index contributed by atoms with van der Waals surface area (Å²) in [6.07, 6.45) is 2.60. The van der Waals surface area contributed by atoms with Crippen molar-refractivity contribution in [3.8, 4) is 0 Å². The van der Waals surface area contributed by atoms with E-state index in [-0.39, 0.29) is 11.9 Å². The summed E-state index contributed by atoms with van der Waals surface area (Å²) in [7, 11) is 1.65. The minimum atomic E-state index is -0.412. The second kappa shape index (κ2) is 7.66. The number of benzene rings is 1. The van der Waals surface area contributed by atoms with Crippen LogP contribution in [0.3, 0.4) is 0 Å². The first-order valence-electron chi connectivity index (χ1n) is 9.37. The molecule has 2 aliphatic heterocycles. The van der Waals surface area contributed by atoms with Crippen molar-refractivity contribution in [2.45, 2.75) is 33.1 Å². The van der Waals surface area contributed by atoms with Crippen molar-refractivity contribution in [2.24, 2.45) is 5.41 Å². The SMILES string of the molecule is COCCN1CCC[C@@]2(CCN(C(=O)Nc3cccc(C)c3C)C2)C1=O. The molecule has 2 fully saturated rings. The van der Waals surface area contributed by atoms with Gasteiger partial charge >= 0.3 is 6.03 Å². The molecule has 1 aromatic rings. The summed E-state index contributed by atoms with van der Waals surface area (Å²) in [6.45, 7) is 7.15. The third-order valence-corrected chi connectivity index (χ3v) is 5.88. The summed E-state index contributed by atoms with van der Waals surface area (Å²) in [5, 5.41) is 3.02.